The van der Waals surface area contributed by atoms with Gasteiger partial charge in [-0.3, -0.25) is 10.2 Å². The fraction of sp³-hybridized carbons (Fsp3) is 0.914. The molecule has 2 fully saturated rings. The molecular weight excluding hydrogens is 496 g/mol. The molecule has 232 valence electrons. The molecule has 5 nitrogen and oxygen atoms in total. The number of carbonyl (C=O) groups is 1. The summed E-state index contributed by atoms with van der Waals surface area (Å²) < 4.78 is 5.84. The summed E-state index contributed by atoms with van der Waals surface area (Å²) in [5.74, 6) is 4.03. The van der Waals surface area contributed by atoms with Gasteiger partial charge in [-0.15, -0.1) is 0 Å². The molecule has 3 aliphatic carbocycles. The smallest absolute Gasteiger partial charge is 0.409 e. The van der Waals surface area contributed by atoms with E-state index in [2.05, 4.69) is 59.9 Å². The molecule has 0 bridgehead atoms. The number of hydrogen-bond donors (Lipinski definition) is 1. The Balaban J connectivity index is 1.51. The van der Waals surface area contributed by atoms with Crippen LogP contribution >= 0.6 is 0 Å². The number of hydroxylamine groups is 2. The fourth-order valence-corrected chi connectivity index (χ4v) is 8.52. The molecule has 2 saturated carbocycles. The maximum Gasteiger partial charge on any atom is 0.409 e. The van der Waals surface area contributed by atoms with E-state index < -0.39 is 0 Å². The average Bonchev–Trinajstić information content (AvgIpc) is 3.20. The Kier molecular flexibility index (Phi) is 12.9. The second kappa shape index (κ2) is 15.4. The molecule has 5 heteroatoms. The number of unbranched alkanes of at least 4 members (excludes halogenated alkanes) is 1. The van der Waals surface area contributed by atoms with Crippen LogP contribution in [-0.4, -0.2) is 37.6 Å². The van der Waals surface area contributed by atoms with Gasteiger partial charge < -0.3 is 4.74 Å². The van der Waals surface area contributed by atoms with Crippen LogP contribution in [0.2, 0.25) is 0 Å². The topological polar surface area (TPSA) is 50.8 Å². The molecule has 0 aromatic rings. The number of rotatable bonds is 15. The summed E-state index contributed by atoms with van der Waals surface area (Å²) in [6.45, 7) is 17.7. The molecule has 3 rings (SSSR count). The Bertz CT molecular complexity index is 810. The van der Waals surface area contributed by atoms with Gasteiger partial charge in [0.2, 0.25) is 0 Å². The molecule has 1 N–H and O–H groups in total. The Morgan fingerprint density at radius 3 is 2.55 bits per heavy atom. The molecule has 0 aromatic carbocycles. The van der Waals surface area contributed by atoms with Gasteiger partial charge in [0.05, 0.1) is 0 Å². The number of amides is 1. The molecular formula is C35H64N2O3. The number of hydrogen-bond acceptors (Lipinski definition) is 4. The lowest BCUT2D eigenvalue weighted by atomic mass is 9.57. The first-order valence-electron chi connectivity index (χ1n) is 16.9. The SMILES string of the molecule is CCCC1(C)C(CCCCC(C)C)CCC1C1CC=C2CC(OC(=O)NCON(C)CCC(C)C)CCC2(C)C1. The zero-order chi connectivity index (χ0) is 29.3. The van der Waals surface area contributed by atoms with Crippen molar-refractivity contribution < 1.29 is 14.4 Å². The van der Waals surface area contributed by atoms with Gasteiger partial charge in [0.1, 0.15) is 12.8 Å². The van der Waals surface area contributed by atoms with Crippen LogP contribution in [0.25, 0.3) is 0 Å². The Labute approximate surface area is 247 Å². The van der Waals surface area contributed by atoms with Crippen LogP contribution in [0.1, 0.15) is 138 Å². The van der Waals surface area contributed by atoms with Crippen LogP contribution in [0.4, 0.5) is 4.79 Å². The third-order valence-corrected chi connectivity index (χ3v) is 11.0. The van der Waals surface area contributed by atoms with Gasteiger partial charge in [-0.25, -0.2) is 4.79 Å². The number of allylic oxidation sites excluding steroid dienone is 1. The minimum absolute atomic E-state index is 0.0263. The van der Waals surface area contributed by atoms with Crippen LogP contribution in [-0.2, 0) is 9.57 Å². The number of nitrogens with zero attached hydrogens (tertiary/aromatic N) is 1. The molecule has 1 amide bonds. The van der Waals surface area contributed by atoms with Crippen molar-refractivity contribution in [1.82, 2.24) is 10.4 Å². The zero-order valence-corrected chi connectivity index (χ0v) is 27.5. The molecule has 0 heterocycles. The summed E-state index contributed by atoms with van der Waals surface area (Å²) in [4.78, 5) is 18.1. The second-order valence-corrected chi connectivity index (χ2v) is 15.1. The van der Waals surface area contributed by atoms with E-state index in [4.69, 9.17) is 9.57 Å². The minimum Gasteiger partial charge on any atom is -0.446 e. The number of nitrogens with one attached hydrogen (secondary N) is 1. The predicted octanol–water partition coefficient (Wildman–Crippen LogP) is 9.52. The van der Waals surface area contributed by atoms with Crippen LogP contribution in [0.15, 0.2) is 11.6 Å². The van der Waals surface area contributed by atoms with Crippen molar-refractivity contribution in [3.8, 4) is 0 Å². The van der Waals surface area contributed by atoms with E-state index in [1.807, 2.05) is 7.05 Å². The van der Waals surface area contributed by atoms with Gasteiger partial charge in [-0.2, -0.15) is 5.06 Å². The second-order valence-electron chi connectivity index (χ2n) is 15.1. The first-order chi connectivity index (χ1) is 19.0. The summed E-state index contributed by atoms with van der Waals surface area (Å²) in [5, 5.41) is 4.57. The largest absolute Gasteiger partial charge is 0.446 e. The van der Waals surface area contributed by atoms with Crippen molar-refractivity contribution in [2.24, 2.45) is 40.4 Å². The highest BCUT2D eigenvalue weighted by atomic mass is 16.7. The van der Waals surface area contributed by atoms with Gasteiger partial charge in [0, 0.05) is 20.0 Å². The van der Waals surface area contributed by atoms with Crippen molar-refractivity contribution >= 4 is 6.09 Å². The Morgan fingerprint density at radius 1 is 1.10 bits per heavy atom. The van der Waals surface area contributed by atoms with Crippen LogP contribution < -0.4 is 5.32 Å². The summed E-state index contributed by atoms with van der Waals surface area (Å²) in [6, 6.07) is 0. The predicted molar refractivity (Wildman–Crippen MR) is 167 cm³/mol. The summed E-state index contributed by atoms with van der Waals surface area (Å²) in [5.41, 5.74) is 2.31. The van der Waals surface area contributed by atoms with Crippen molar-refractivity contribution in [3.63, 3.8) is 0 Å². The van der Waals surface area contributed by atoms with E-state index in [0.717, 1.165) is 55.9 Å². The van der Waals surface area contributed by atoms with E-state index >= 15 is 0 Å². The Hall–Kier alpha value is -1.07. The number of alkyl carbamates (subject to hydrolysis) is 1. The molecule has 0 aromatic heterocycles. The van der Waals surface area contributed by atoms with Crippen molar-refractivity contribution in [3.05, 3.63) is 11.6 Å². The molecule has 6 atom stereocenters. The molecule has 6 unspecified atom stereocenters. The maximum absolute atomic E-state index is 12.5. The van der Waals surface area contributed by atoms with E-state index in [1.54, 1.807) is 5.06 Å². The summed E-state index contributed by atoms with van der Waals surface area (Å²) in [7, 11) is 1.91. The molecule has 0 spiro atoms. The van der Waals surface area contributed by atoms with Crippen LogP contribution in [0.3, 0.4) is 0 Å². The van der Waals surface area contributed by atoms with Crippen molar-refractivity contribution in [1.29, 1.82) is 0 Å². The lowest BCUT2D eigenvalue weighted by Crippen LogP contribution is -2.41. The molecule has 0 aliphatic heterocycles. The molecule has 0 radical (unpaired) electrons. The lowest BCUT2D eigenvalue weighted by Gasteiger charge is -2.49. The molecule has 3 aliphatic rings. The Morgan fingerprint density at radius 2 is 1.85 bits per heavy atom. The minimum atomic E-state index is -0.360. The quantitative estimate of drug-likeness (QED) is 0.0937. The van der Waals surface area contributed by atoms with Gasteiger partial charge in [-0.05, 0) is 98.2 Å². The highest BCUT2D eigenvalue weighted by molar-refractivity contribution is 5.67. The van der Waals surface area contributed by atoms with Crippen LogP contribution in [0, 0.1) is 40.4 Å². The van der Waals surface area contributed by atoms with E-state index in [0.29, 0.717) is 11.3 Å². The van der Waals surface area contributed by atoms with E-state index in [-0.39, 0.29) is 24.3 Å². The van der Waals surface area contributed by atoms with Gasteiger partial charge >= 0.3 is 6.09 Å². The first kappa shape index (κ1) is 33.4. The van der Waals surface area contributed by atoms with E-state index in [1.165, 1.54) is 69.8 Å². The number of fused-ring (bicyclic) bond motifs is 1. The lowest BCUT2D eigenvalue weighted by molar-refractivity contribution is -0.146. The summed E-state index contributed by atoms with van der Waals surface area (Å²) >= 11 is 0. The number of ether oxygens (including phenoxy) is 1. The average molecular weight is 561 g/mol. The van der Waals surface area contributed by atoms with E-state index in [9.17, 15) is 4.79 Å². The third kappa shape index (κ3) is 9.21. The fourth-order valence-electron chi connectivity index (χ4n) is 8.52. The maximum atomic E-state index is 12.5. The van der Waals surface area contributed by atoms with Crippen molar-refractivity contribution in [2.45, 2.75) is 144 Å². The van der Waals surface area contributed by atoms with Crippen molar-refractivity contribution in [2.75, 3.05) is 20.3 Å². The zero-order valence-electron chi connectivity index (χ0n) is 27.5. The first-order valence-corrected chi connectivity index (χ1v) is 16.9. The molecule has 40 heavy (non-hydrogen) atoms. The number of carbonyl (C=O) groups excluding carboxylic acids is 1. The third-order valence-electron chi connectivity index (χ3n) is 11.0. The van der Waals surface area contributed by atoms with Gasteiger partial charge in [0.15, 0.2) is 0 Å². The summed E-state index contributed by atoms with van der Waals surface area (Å²) in [6.07, 6.45) is 19.9. The van der Waals surface area contributed by atoms with Crippen LogP contribution in [0.5, 0.6) is 0 Å². The highest BCUT2D eigenvalue weighted by Crippen LogP contribution is 2.60. The monoisotopic (exact) mass is 560 g/mol. The van der Waals surface area contributed by atoms with Gasteiger partial charge in [-0.1, -0.05) is 85.8 Å². The normalized spacial score (nSPS) is 32.4. The standard InChI is InChI=1S/C35H64N2O3/c1-9-20-35(7)29(13-11-10-12-26(2)3)16-17-32(35)28-14-15-30-23-31(18-21-34(30,6)24-28)40-33(38)36-25-39-37(8)22-19-27(4)5/h15,26-29,31-32H,9-14,16-25H2,1-8H3,(H,36,38). The van der Waals surface area contributed by atoms with Gasteiger partial charge in [0.25, 0.3) is 0 Å². The molecule has 0 saturated heterocycles. The highest BCUT2D eigenvalue weighted by Gasteiger charge is 2.51.